The molecule has 0 heterocycles. The molecule has 2 aromatic carbocycles. The van der Waals surface area contributed by atoms with Crippen molar-refractivity contribution in [2.75, 3.05) is 6.61 Å². The summed E-state index contributed by atoms with van der Waals surface area (Å²) in [5.74, 6) is 0. The molecular formula is C19H24LiO2P. The molecular weight excluding hydrogens is 298 g/mol. The molecule has 118 valence electrons. The first-order valence-electron chi connectivity index (χ1n) is 7.72. The second-order valence-electron chi connectivity index (χ2n) is 5.43. The average Bonchev–Trinajstić information content (AvgIpc) is 2.52. The van der Waals surface area contributed by atoms with Gasteiger partial charge in [-0.2, -0.15) is 0 Å². The first-order chi connectivity index (χ1) is 10.7. The Kier molecular flexibility index (Phi) is 8.81. The van der Waals surface area contributed by atoms with Crippen molar-refractivity contribution in [2.24, 2.45) is 0 Å². The Labute approximate surface area is 154 Å². The fourth-order valence-electron chi connectivity index (χ4n) is 2.42. The summed E-state index contributed by atoms with van der Waals surface area (Å²) in [6, 6.07) is 14.6. The third-order valence-electron chi connectivity index (χ3n) is 3.64. The Morgan fingerprint density at radius 3 is 2.22 bits per heavy atom. The number of hydrogen-bond acceptors (Lipinski definition) is 2. The first kappa shape index (κ1) is 20.1. The van der Waals surface area contributed by atoms with Crippen molar-refractivity contribution in [3.05, 3.63) is 59.2 Å². The number of unbranched alkanes of at least 4 members (excludes halogenated alkanes) is 1. The van der Waals surface area contributed by atoms with E-state index in [1.54, 1.807) is 0 Å². The number of carbonyl (C=O) groups excluding carboxylic acids is 1. The van der Waals surface area contributed by atoms with E-state index < -0.39 is 8.15 Å². The smallest absolute Gasteiger partial charge is 1.00 e. The van der Waals surface area contributed by atoms with Gasteiger partial charge in [-0.05, 0) is 43.5 Å². The van der Waals surface area contributed by atoms with Gasteiger partial charge in [-0.3, -0.25) is 4.79 Å². The largest absolute Gasteiger partial charge is 1.00 e. The molecule has 0 N–H and O–H groups in total. The van der Waals surface area contributed by atoms with Crippen LogP contribution in [0.2, 0.25) is 0 Å². The first-order valence-corrected chi connectivity index (χ1v) is 8.97. The van der Waals surface area contributed by atoms with Crippen LogP contribution in [0.1, 0.15) is 42.7 Å². The third kappa shape index (κ3) is 5.30. The molecule has 0 spiro atoms. The summed E-state index contributed by atoms with van der Waals surface area (Å²) in [5.41, 5.74) is 2.83. The Morgan fingerprint density at radius 1 is 1.09 bits per heavy atom. The van der Waals surface area contributed by atoms with Crippen LogP contribution in [-0.2, 0) is 4.52 Å². The predicted octanol–water partition coefficient (Wildman–Crippen LogP) is 1.40. The van der Waals surface area contributed by atoms with Gasteiger partial charge in [0.15, 0.2) is 6.29 Å². The molecule has 0 aromatic heterocycles. The van der Waals surface area contributed by atoms with E-state index in [-0.39, 0.29) is 20.3 Å². The molecule has 0 aliphatic heterocycles. The van der Waals surface area contributed by atoms with Crippen LogP contribution in [0.25, 0.3) is 0 Å². The van der Waals surface area contributed by atoms with E-state index in [2.05, 4.69) is 31.2 Å². The number of aryl methyl sites for hydroxylation is 2. The van der Waals surface area contributed by atoms with Gasteiger partial charge in [0.2, 0.25) is 0 Å². The SMILES string of the molecule is CCCCOP(c1ccccc1)c1cc(C)c(C=O)c(C)c1.[H-].[Li+]. The van der Waals surface area contributed by atoms with Crippen LogP contribution in [0.3, 0.4) is 0 Å². The van der Waals surface area contributed by atoms with Crippen LogP contribution in [0, 0.1) is 13.8 Å². The zero-order valence-electron chi connectivity index (χ0n) is 15.5. The van der Waals surface area contributed by atoms with E-state index in [9.17, 15) is 4.79 Å². The summed E-state index contributed by atoms with van der Waals surface area (Å²) in [4.78, 5) is 11.2. The van der Waals surface area contributed by atoms with E-state index in [1.165, 1.54) is 10.6 Å². The molecule has 1 atom stereocenters. The molecule has 2 nitrogen and oxygen atoms in total. The number of carbonyl (C=O) groups is 1. The van der Waals surface area contributed by atoms with Gasteiger partial charge < -0.3 is 5.95 Å². The van der Waals surface area contributed by atoms with Crippen LogP contribution >= 0.6 is 8.15 Å². The van der Waals surface area contributed by atoms with Gasteiger partial charge in [0, 0.05) is 16.2 Å². The van der Waals surface area contributed by atoms with Gasteiger partial charge in [-0.25, -0.2) is 0 Å². The molecule has 0 saturated heterocycles. The maximum Gasteiger partial charge on any atom is 1.00 e. The zero-order chi connectivity index (χ0) is 15.9. The van der Waals surface area contributed by atoms with E-state index in [4.69, 9.17) is 4.52 Å². The molecule has 0 amide bonds. The van der Waals surface area contributed by atoms with E-state index in [0.29, 0.717) is 0 Å². The summed E-state index contributed by atoms with van der Waals surface area (Å²) in [6.45, 7) is 6.92. The normalized spacial score (nSPS) is 11.6. The molecule has 1 unspecified atom stereocenters. The minimum atomic E-state index is -0.828. The second kappa shape index (κ2) is 10.1. The van der Waals surface area contributed by atoms with Crippen molar-refractivity contribution in [1.29, 1.82) is 0 Å². The summed E-state index contributed by atoms with van der Waals surface area (Å²) in [6.07, 6.45) is 3.13. The van der Waals surface area contributed by atoms with Crippen LogP contribution in [0.4, 0.5) is 0 Å². The summed E-state index contributed by atoms with van der Waals surface area (Å²) in [7, 11) is -0.828. The number of aldehydes is 1. The van der Waals surface area contributed by atoms with E-state index in [0.717, 1.165) is 42.4 Å². The Morgan fingerprint density at radius 2 is 1.70 bits per heavy atom. The second-order valence-corrected chi connectivity index (χ2v) is 7.31. The number of benzene rings is 2. The van der Waals surface area contributed by atoms with Gasteiger partial charge in [-0.1, -0.05) is 43.7 Å². The van der Waals surface area contributed by atoms with Crippen molar-refractivity contribution in [2.45, 2.75) is 33.6 Å². The molecule has 0 saturated carbocycles. The summed E-state index contributed by atoms with van der Waals surface area (Å²) >= 11 is 0. The number of rotatable bonds is 7. The molecule has 2 rings (SSSR count). The molecule has 0 radical (unpaired) electrons. The van der Waals surface area contributed by atoms with Crippen molar-refractivity contribution in [3.8, 4) is 0 Å². The molecule has 0 aliphatic carbocycles. The molecule has 0 fully saturated rings. The van der Waals surface area contributed by atoms with Gasteiger partial charge in [0.25, 0.3) is 0 Å². The van der Waals surface area contributed by atoms with Crippen molar-refractivity contribution >= 4 is 25.0 Å². The van der Waals surface area contributed by atoms with Crippen molar-refractivity contribution in [3.63, 3.8) is 0 Å². The minimum absolute atomic E-state index is 0. The van der Waals surface area contributed by atoms with Gasteiger partial charge in [0.1, 0.15) is 0 Å². The molecule has 4 heteroatoms. The zero-order valence-corrected chi connectivity index (χ0v) is 15.4. The number of hydrogen-bond donors (Lipinski definition) is 0. The predicted molar refractivity (Wildman–Crippen MR) is 95.9 cm³/mol. The van der Waals surface area contributed by atoms with E-state index in [1.807, 2.05) is 32.0 Å². The Bertz CT molecular complexity index is 612. The van der Waals surface area contributed by atoms with Gasteiger partial charge in [-0.15, -0.1) is 0 Å². The van der Waals surface area contributed by atoms with Crippen molar-refractivity contribution in [1.82, 2.24) is 0 Å². The quantitative estimate of drug-likeness (QED) is 0.333. The fraction of sp³-hybridized carbons (Fsp3) is 0.316. The van der Waals surface area contributed by atoms with Crippen LogP contribution in [0.5, 0.6) is 0 Å². The maximum atomic E-state index is 11.2. The molecule has 0 aliphatic rings. The Balaban J connectivity index is 0.00000264. The summed E-state index contributed by atoms with van der Waals surface area (Å²) in [5, 5.41) is 2.39. The topological polar surface area (TPSA) is 26.3 Å². The van der Waals surface area contributed by atoms with Gasteiger partial charge in [0.05, 0.1) is 14.8 Å². The summed E-state index contributed by atoms with van der Waals surface area (Å²) < 4.78 is 6.21. The van der Waals surface area contributed by atoms with E-state index >= 15 is 0 Å². The van der Waals surface area contributed by atoms with Gasteiger partial charge >= 0.3 is 18.9 Å². The Hall–Kier alpha value is -0.903. The standard InChI is InChI=1S/C19H23O2P.Li.H/c1-4-5-11-21-22(17-9-7-6-8-10-17)18-12-15(2)19(14-20)16(3)13-18;;/h6-10,12-14H,4-5,11H2,1-3H3;;/q;+1;-1. The average molecular weight is 322 g/mol. The van der Waals surface area contributed by atoms with Crippen LogP contribution in [0.15, 0.2) is 42.5 Å². The fourth-order valence-corrected chi connectivity index (χ4v) is 4.39. The van der Waals surface area contributed by atoms with Crippen molar-refractivity contribution < 1.29 is 29.6 Å². The maximum absolute atomic E-state index is 11.2. The van der Waals surface area contributed by atoms with Crippen LogP contribution in [-0.4, -0.2) is 12.9 Å². The minimum Gasteiger partial charge on any atom is -1.00 e. The monoisotopic (exact) mass is 322 g/mol. The third-order valence-corrected chi connectivity index (χ3v) is 5.57. The van der Waals surface area contributed by atoms with Crippen LogP contribution < -0.4 is 29.5 Å². The molecule has 2 aromatic rings. The molecule has 23 heavy (non-hydrogen) atoms. The molecule has 0 bridgehead atoms.